The van der Waals surface area contributed by atoms with Crippen molar-refractivity contribution in [1.82, 2.24) is 0 Å². The van der Waals surface area contributed by atoms with Gasteiger partial charge in [0.1, 0.15) is 18.2 Å². The number of carbonyl (C=O) groups is 1. The van der Waals surface area contributed by atoms with E-state index < -0.39 is 11.7 Å². The minimum atomic E-state index is -0.489. The number of nitrogens with zero attached hydrogens (tertiary/aromatic N) is 1. The molecule has 114 valence electrons. The van der Waals surface area contributed by atoms with E-state index in [-0.39, 0.29) is 23.0 Å². The summed E-state index contributed by atoms with van der Waals surface area (Å²) in [6, 6.07) is 13.6. The Morgan fingerprint density at radius 1 is 1.27 bits per heavy atom. The number of hydrogen-bond donors (Lipinski definition) is 0. The standard InChI is InChI=1S/C17H15ClFNO2/c1-12(21)14(13-6-3-2-4-7-13)10-20-22-11-15-16(18)8-5-9-17(15)19/h2-10,14H,11H2,1H3/b20-10+. The summed E-state index contributed by atoms with van der Waals surface area (Å²) < 4.78 is 13.6. The summed E-state index contributed by atoms with van der Waals surface area (Å²) in [6.45, 7) is 1.39. The van der Waals surface area contributed by atoms with Gasteiger partial charge in [-0.2, -0.15) is 0 Å². The Balaban J connectivity index is 2.03. The molecule has 0 N–H and O–H groups in total. The van der Waals surface area contributed by atoms with Crippen molar-refractivity contribution in [2.75, 3.05) is 0 Å². The van der Waals surface area contributed by atoms with Crippen molar-refractivity contribution in [3.8, 4) is 0 Å². The molecule has 2 rings (SSSR count). The van der Waals surface area contributed by atoms with E-state index in [1.165, 1.54) is 25.3 Å². The van der Waals surface area contributed by atoms with Crippen molar-refractivity contribution in [2.24, 2.45) is 5.16 Å². The molecule has 0 aromatic heterocycles. The molecule has 0 bridgehead atoms. The third-order valence-corrected chi connectivity index (χ3v) is 3.51. The minimum absolute atomic E-state index is 0.0533. The molecule has 1 atom stereocenters. The molecule has 5 heteroatoms. The van der Waals surface area contributed by atoms with Crippen LogP contribution in [0.4, 0.5) is 4.39 Å². The Kier molecular flexibility index (Phi) is 5.67. The van der Waals surface area contributed by atoms with Gasteiger partial charge in [-0.15, -0.1) is 0 Å². The predicted octanol–water partition coefficient (Wildman–Crippen LogP) is 4.35. The molecule has 0 amide bonds. The fourth-order valence-electron chi connectivity index (χ4n) is 1.96. The van der Waals surface area contributed by atoms with Crippen molar-refractivity contribution >= 4 is 23.6 Å². The smallest absolute Gasteiger partial charge is 0.146 e. The van der Waals surface area contributed by atoms with Gasteiger partial charge >= 0.3 is 0 Å². The Morgan fingerprint density at radius 3 is 2.64 bits per heavy atom. The van der Waals surface area contributed by atoms with E-state index in [0.717, 1.165) is 5.56 Å². The van der Waals surface area contributed by atoms with Crippen LogP contribution in [0.3, 0.4) is 0 Å². The van der Waals surface area contributed by atoms with E-state index >= 15 is 0 Å². The molecule has 0 radical (unpaired) electrons. The van der Waals surface area contributed by atoms with E-state index in [2.05, 4.69) is 5.16 Å². The highest BCUT2D eigenvalue weighted by molar-refractivity contribution is 6.31. The first-order valence-electron chi connectivity index (χ1n) is 6.73. The maximum atomic E-state index is 13.6. The third kappa shape index (κ3) is 4.15. The lowest BCUT2D eigenvalue weighted by Crippen LogP contribution is -2.10. The van der Waals surface area contributed by atoms with E-state index in [0.29, 0.717) is 0 Å². The summed E-state index contributed by atoms with van der Waals surface area (Å²) >= 11 is 5.89. The lowest BCUT2D eigenvalue weighted by Gasteiger charge is -2.08. The van der Waals surface area contributed by atoms with Crippen molar-refractivity contribution in [1.29, 1.82) is 0 Å². The maximum Gasteiger partial charge on any atom is 0.146 e. The van der Waals surface area contributed by atoms with E-state index in [4.69, 9.17) is 16.4 Å². The van der Waals surface area contributed by atoms with Crippen LogP contribution in [-0.4, -0.2) is 12.0 Å². The van der Waals surface area contributed by atoms with Gasteiger partial charge in [0.2, 0.25) is 0 Å². The molecular formula is C17H15ClFNO2. The Hall–Kier alpha value is -2.20. The average molecular weight is 320 g/mol. The highest BCUT2D eigenvalue weighted by Gasteiger charge is 2.14. The maximum absolute atomic E-state index is 13.6. The summed E-state index contributed by atoms with van der Waals surface area (Å²) in [5, 5.41) is 4.05. The molecule has 0 saturated carbocycles. The third-order valence-electron chi connectivity index (χ3n) is 3.15. The number of carbonyl (C=O) groups excluding carboxylic acids is 1. The fourth-order valence-corrected chi connectivity index (χ4v) is 2.18. The number of halogens is 2. The van der Waals surface area contributed by atoms with Gasteiger partial charge in [-0.1, -0.05) is 53.2 Å². The van der Waals surface area contributed by atoms with Crippen LogP contribution in [0.5, 0.6) is 0 Å². The molecule has 0 aliphatic carbocycles. The molecule has 2 aromatic carbocycles. The molecule has 0 saturated heterocycles. The topological polar surface area (TPSA) is 38.7 Å². The van der Waals surface area contributed by atoms with Gasteiger partial charge in [0.15, 0.2) is 0 Å². The highest BCUT2D eigenvalue weighted by Crippen LogP contribution is 2.20. The molecule has 0 fully saturated rings. The van der Waals surface area contributed by atoms with Gasteiger partial charge in [0, 0.05) is 5.56 Å². The molecule has 2 aromatic rings. The Morgan fingerprint density at radius 2 is 2.00 bits per heavy atom. The highest BCUT2D eigenvalue weighted by atomic mass is 35.5. The predicted molar refractivity (Wildman–Crippen MR) is 84.6 cm³/mol. The lowest BCUT2D eigenvalue weighted by atomic mass is 9.97. The van der Waals surface area contributed by atoms with E-state index in [9.17, 15) is 9.18 Å². The van der Waals surface area contributed by atoms with Gasteiger partial charge in [0.25, 0.3) is 0 Å². The van der Waals surface area contributed by atoms with Gasteiger partial charge in [0.05, 0.1) is 17.2 Å². The number of ketones is 1. The van der Waals surface area contributed by atoms with Gasteiger partial charge < -0.3 is 4.84 Å². The van der Waals surface area contributed by atoms with Crippen molar-refractivity contribution in [3.05, 3.63) is 70.5 Å². The first-order chi connectivity index (χ1) is 10.6. The number of benzene rings is 2. The first kappa shape index (κ1) is 16.2. The van der Waals surface area contributed by atoms with Gasteiger partial charge in [-0.05, 0) is 24.6 Å². The molecule has 0 heterocycles. The lowest BCUT2D eigenvalue weighted by molar-refractivity contribution is -0.117. The second-order valence-corrected chi connectivity index (χ2v) is 5.13. The molecular weight excluding hydrogens is 305 g/mol. The summed E-state index contributed by atoms with van der Waals surface area (Å²) in [6.07, 6.45) is 1.41. The largest absolute Gasteiger partial charge is 0.391 e. The van der Waals surface area contributed by atoms with Crippen LogP contribution < -0.4 is 0 Å². The van der Waals surface area contributed by atoms with Gasteiger partial charge in [-0.3, -0.25) is 4.79 Å². The fraction of sp³-hybridized carbons (Fsp3) is 0.176. The van der Waals surface area contributed by atoms with Gasteiger partial charge in [-0.25, -0.2) is 4.39 Å². The summed E-state index contributed by atoms with van der Waals surface area (Å²) in [4.78, 5) is 16.8. The quantitative estimate of drug-likeness (QED) is 0.586. The molecule has 0 aliphatic heterocycles. The summed E-state index contributed by atoms with van der Waals surface area (Å²) in [5.41, 5.74) is 1.06. The van der Waals surface area contributed by atoms with Crippen LogP contribution in [0, 0.1) is 5.82 Å². The molecule has 22 heavy (non-hydrogen) atoms. The SMILES string of the molecule is CC(=O)C(/C=N/OCc1c(F)cccc1Cl)c1ccccc1. The number of rotatable bonds is 6. The first-order valence-corrected chi connectivity index (χ1v) is 7.11. The Bertz CT molecular complexity index is 653. The zero-order valence-corrected chi connectivity index (χ0v) is 12.8. The van der Waals surface area contributed by atoms with Crippen LogP contribution in [0.15, 0.2) is 53.7 Å². The molecule has 0 aliphatic rings. The number of oxime groups is 1. The zero-order chi connectivity index (χ0) is 15.9. The van der Waals surface area contributed by atoms with Crippen LogP contribution in [-0.2, 0) is 16.2 Å². The second kappa shape index (κ2) is 7.71. The number of hydrogen-bond acceptors (Lipinski definition) is 3. The van der Waals surface area contributed by atoms with E-state index in [1.54, 1.807) is 6.07 Å². The minimum Gasteiger partial charge on any atom is -0.391 e. The molecule has 3 nitrogen and oxygen atoms in total. The Labute approximate surface area is 133 Å². The normalized spacial score (nSPS) is 12.3. The summed E-state index contributed by atoms with van der Waals surface area (Å²) in [5.74, 6) is -0.992. The van der Waals surface area contributed by atoms with Crippen molar-refractivity contribution < 1.29 is 14.0 Å². The zero-order valence-electron chi connectivity index (χ0n) is 12.0. The van der Waals surface area contributed by atoms with Crippen LogP contribution in [0.2, 0.25) is 5.02 Å². The van der Waals surface area contributed by atoms with E-state index in [1.807, 2.05) is 30.3 Å². The number of Topliss-reactive ketones (excluding diaryl/α,β-unsaturated/α-hetero) is 1. The second-order valence-electron chi connectivity index (χ2n) is 4.73. The molecule has 1 unspecified atom stereocenters. The monoisotopic (exact) mass is 319 g/mol. The van der Waals surface area contributed by atoms with Crippen molar-refractivity contribution in [2.45, 2.75) is 19.4 Å². The van der Waals surface area contributed by atoms with Crippen LogP contribution >= 0.6 is 11.6 Å². The van der Waals surface area contributed by atoms with Crippen molar-refractivity contribution in [3.63, 3.8) is 0 Å². The summed E-state index contributed by atoms with van der Waals surface area (Å²) in [7, 11) is 0. The van der Waals surface area contributed by atoms with Crippen LogP contribution in [0.25, 0.3) is 0 Å². The van der Waals surface area contributed by atoms with Crippen LogP contribution in [0.1, 0.15) is 24.0 Å². The average Bonchev–Trinajstić information content (AvgIpc) is 2.50. The molecule has 0 spiro atoms.